The molecule has 0 aromatic heterocycles. The Balaban J connectivity index is 2.22. The lowest BCUT2D eigenvalue weighted by Crippen LogP contribution is -2.63. The van der Waals surface area contributed by atoms with Gasteiger partial charge in [0.05, 0.1) is 6.61 Å². The number of methoxy groups -OCH3 is 1. The summed E-state index contributed by atoms with van der Waals surface area (Å²) in [6.07, 6.45) is -0.476. The first-order chi connectivity index (χ1) is 9.95. The van der Waals surface area contributed by atoms with E-state index in [0.717, 1.165) is 16.5 Å². The number of nitrogens with one attached hydrogen (secondary N) is 1. The third-order valence-corrected chi connectivity index (χ3v) is 4.25. The van der Waals surface area contributed by atoms with Gasteiger partial charge < -0.3 is 14.5 Å². The third-order valence-electron chi connectivity index (χ3n) is 3.28. The maximum atomic E-state index is 12.2. The van der Waals surface area contributed by atoms with Gasteiger partial charge in [0.2, 0.25) is 0 Å². The van der Waals surface area contributed by atoms with Crippen LogP contribution in [0, 0.1) is 0 Å². The second-order valence-electron chi connectivity index (χ2n) is 5.10. The summed E-state index contributed by atoms with van der Waals surface area (Å²) in [5.74, 6) is 0.427. The van der Waals surface area contributed by atoms with Crippen molar-refractivity contribution >= 4 is 28.9 Å². The van der Waals surface area contributed by atoms with E-state index in [1.165, 1.54) is 16.7 Å². The average molecular weight is 312 g/mol. The zero-order valence-electron chi connectivity index (χ0n) is 12.5. The van der Waals surface area contributed by atoms with Crippen molar-refractivity contribution in [1.29, 1.82) is 0 Å². The summed E-state index contributed by atoms with van der Waals surface area (Å²) < 4.78 is 5.04. The van der Waals surface area contributed by atoms with Crippen LogP contribution in [0.3, 0.4) is 0 Å². The standard InChI is InChI=1S/C13H20N4O3S/c1-8(2)7-17-9-10(14-13(17)21-6-5-20-4)16(3)12(19)15-11(9)18/h9-10H,1,5-7H2,2-4H3,(H,15,18,19). The molecule has 1 N–H and O–H groups in total. The summed E-state index contributed by atoms with van der Waals surface area (Å²) in [6, 6.07) is -0.905. The highest BCUT2D eigenvalue weighted by atomic mass is 32.2. The van der Waals surface area contributed by atoms with Gasteiger partial charge in [-0.2, -0.15) is 0 Å². The number of carbonyl (C=O) groups is 2. The number of thioether (sulfide) groups is 1. The van der Waals surface area contributed by atoms with Gasteiger partial charge in [-0.3, -0.25) is 10.1 Å². The number of nitrogens with zero attached hydrogens (tertiary/aromatic N) is 3. The Morgan fingerprint density at radius 2 is 2.24 bits per heavy atom. The van der Waals surface area contributed by atoms with Crippen LogP contribution >= 0.6 is 11.8 Å². The molecule has 0 radical (unpaired) electrons. The normalized spacial score (nSPS) is 24.8. The minimum Gasteiger partial charge on any atom is -0.384 e. The molecule has 2 atom stereocenters. The van der Waals surface area contributed by atoms with E-state index in [9.17, 15) is 9.59 Å². The minimum atomic E-state index is -0.491. The number of hydrogen-bond donors (Lipinski definition) is 1. The molecule has 2 rings (SSSR count). The van der Waals surface area contributed by atoms with Crippen LogP contribution in [0.25, 0.3) is 0 Å². The molecule has 3 amide bonds. The SMILES string of the molecule is C=C(C)CN1C(SCCOC)=NC2C1C(=O)NC(=O)N2C. The van der Waals surface area contributed by atoms with Crippen molar-refractivity contribution < 1.29 is 14.3 Å². The molecule has 0 saturated carbocycles. The van der Waals surface area contributed by atoms with E-state index >= 15 is 0 Å². The fourth-order valence-corrected chi connectivity index (χ4v) is 3.25. The van der Waals surface area contributed by atoms with Gasteiger partial charge in [0.15, 0.2) is 17.4 Å². The fourth-order valence-electron chi connectivity index (χ4n) is 2.29. The van der Waals surface area contributed by atoms with Gasteiger partial charge in [-0.05, 0) is 6.92 Å². The number of rotatable bonds is 5. The number of urea groups is 1. The Hall–Kier alpha value is -1.54. The number of fused-ring (bicyclic) bond motifs is 1. The molecule has 0 aliphatic carbocycles. The quantitative estimate of drug-likeness (QED) is 0.591. The first kappa shape index (κ1) is 15.8. The number of ether oxygens (including phenoxy) is 1. The molecule has 2 heterocycles. The molecule has 0 aromatic rings. The van der Waals surface area contributed by atoms with E-state index in [0.29, 0.717) is 13.2 Å². The fraction of sp³-hybridized carbons (Fsp3) is 0.615. The van der Waals surface area contributed by atoms with Crippen molar-refractivity contribution in [2.75, 3.05) is 33.1 Å². The van der Waals surface area contributed by atoms with Gasteiger partial charge in [-0.25, -0.2) is 9.79 Å². The molecular formula is C13H20N4O3S. The molecular weight excluding hydrogens is 292 g/mol. The van der Waals surface area contributed by atoms with Gasteiger partial charge in [0.1, 0.15) is 0 Å². The second-order valence-corrected chi connectivity index (χ2v) is 6.16. The second kappa shape index (κ2) is 6.48. The van der Waals surface area contributed by atoms with Crippen molar-refractivity contribution in [3.8, 4) is 0 Å². The van der Waals surface area contributed by atoms with E-state index in [-0.39, 0.29) is 5.91 Å². The number of amides is 3. The zero-order valence-corrected chi connectivity index (χ0v) is 13.3. The summed E-state index contributed by atoms with van der Waals surface area (Å²) in [4.78, 5) is 31.8. The Kier molecular flexibility index (Phi) is 4.89. The molecule has 116 valence electrons. The molecule has 2 aliphatic heterocycles. The van der Waals surface area contributed by atoms with Gasteiger partial charge in [0.25, 0.3) is 5.91 Å². The van der Waals surface area contributed by atoms with Crippen LogP contribution in [-0.2, 0) is 9.53 Å². The summed E-state index contributed by atoms with van der Waals surface area (Å²) in [6.45, 7) is 6.94. The van der Waals surface area contributed by atoms with E-state index < -0.39 is 18.2 Å². The summed E-state index contributed by atoms with van der Waals surface area (Å²) in [5, 5.41) is 3.11. The van der Waals surface area contributed by atoms with Crippen molar-refractivity contribution in [3.63, 3.8) is 0 Å². The van der Waals surface area contributed by atoms with Gasteiger partial charge in [-0.1, -0.05) is 23.9 Å². The summed E-state index contributed by atoms with van der Waals surface area (Å²) in [7, 11) is 3.28. The Bertz CT molecular complexity index is 494. The van der Waals surface area contributed by atoms with Crippen LogP contribution < -0.4 is 5.32 Å². The predicted molar refractivity (Wildman–Crippen MR) is 82.2 cm³/mol. The average Bonchev–Trinajstić information content (AvgIpc) is 2.75. The van der Waals surface area contributed by atoms with Crippen LogP contribution in [0.15, 0.2) is 17.1 Å². The van der Waals surface area contributed by atoms with Crippen molar-refractivity contribution in [2.24, 2.45) is 4.99 Å². The molecule has 2 unspecified atom stereocenters. The summed E-state index contributed by atoms with van der Waals surface area (Å²) >= 11 is 1.52. The largest absolute Gasteiger partial charge is 0.384 e. The number of amidine groups is 1. The molecule has 0 aromatic carbocycles. The highest BCUT2D eigenvalue weighted by Crippen LogP contribution is 2.28. The highest BCUT2D eigenvalue weighted by Gasteiger charge is 2.48. The number of imide groups is 1. The van der Waals surface area contributed by atoms with Crippen LogP contribution in [-0.4, -0.2) is 72.2 Å². The Morgan fingerprint density at radius 3 is 2.86 bits per heavy atom. The van der Waals surface area contributed by atoms with E-state index in [1.54, 1.807) is 14.2 Å². The van der Waals surface area contributed by atoms with E-state index in [4.69, 9.17) is 4.74 Å². The smallest absolute Gasteiger partial charge is 0.325 e. The van der Waals surface area contributed by atoms with Crippen LogP contribution in [0.5, 0.6) is 0 Å². The van der Waals surface area contributed by atoms with E-state index in [2.05, 4.69) is 16.9 Å². The Labute approximate surface area is 128 Å². The zero-order chi connectivity index (χ0) is 15.6. The molecule has 7 nitrogen and oxygen atoms in total. The lowest BCUT2D eigenvalue weighted by Gasteiger charge is -2.36. The maximum absolute atomic E-state index is 12.2. The molecule has 0 spiro atoms. The minimum absolute atomic E-state index is 0.310. The monoisotopic (exact) mass is 312 g/mol. The van der Waals surface area contributed by atoms with Gasteiger partial charge >= 0.3 is 6.03 Å². The molecule has 8 heteroatoms. The lowest BCUT2D eigenvalue weighted by molar-refractivity contribution is -0.126. The van der Waals surface area contributed by atoms with Crippen molar-refractivity contribution in [1.82, 2.24) is 15.1 Å². The molecule has 1 fully saturated rings. The summed E-state index contributed by atoms with van der Waals surface area (Å²) in [5.41, 5.74) is 0.933. The molecule has 2 aliphatic rings. The van der Waals surface area contributed by atoms with Gasteiger partial charge in [0, 0.05) is 26.5 Å². The van der Waals surface area contributed by atoms with Gasteiger partial charge in [-0.15, -0.1) is 0 Å². The molecule has 1 saturated heterocycles. The lowest BCUT2D eigenvalue weighted by atomic mass is 10.1. The number of aliphatic imine (C=N–C) groups is 1. The van der Waals surface area contributed by atoms with E-state index in [1.807, 2.05) is 11.8 Å². The molecule has 21 heavy (non-hydrogen) atoms. The number of likely N-dealkylation sites (N-methyl/N-ethyl adjacent to an activating group) is 1. The maximum Gasteiger partial charge on any atom is 0.325 e. The Morgan fingerprint density at radius 1 is 1.52 bits per heavy atom. The van der Waals surface area contributed by atoms with Crippen LogP contribution in [0.4, 0.5) is 4.79 Å². The van der Waals surface area contributed by atoms with Crippen LogP contribution in [0.1, 0.15) is 6.92 Å². The predicted octanol–water partition coefficient (Wildman–Crippen LogP) is 0.490. The number of carbonyl (C=O) groups excluding carboxylic acids is 2. The number of hydrogen-bond acceptors (Lipinski definition) is 6. The third kappa shape index (κ3) is 3.21. The molecule has 0 bridgehead atoms. The first-order valence-electron chi connectivity index (χ1n) is 6.64. The first-order valence-corrected chi connectivity index (χ1v) is 7.62. The van der Waals surface area contributed by atoms with Crippen molar-refractivity contribution in [3.05, 3.63) is 12.2 Å². The topological polar surface area (TPSA) is 74.2 Å². The van der Waals surface area contributed by atoms with Crippen LogP contribution in [0.2, 0.25) is 0 Å². The highest BCUT2D eigenvalue weighted by molar-refractivity contribution is 8.13. The van der Waals surface area contributed by atoms with Crippen molar-refractivity contribution in [2.45, 2.75) is 19.1 Å².